The fourth-order valence-corrected chi connectivity index (χ4v) is 4.23. The maximum atomic E-state index is 13.2. The zero-order valence-electron chi connectivity index (χ0n) is 19.1. The molecule has 0 atom stereocenters. The van der Waals surface area contributed by atoms with E-state index in [9.17, 15) is 9.59 Å². The Balaban J connectivity index is 1.57. The van der Waals surface area contributed by atoms with Gasteiger partial charge < -0.3 is 10.1 Å². The molecule has 0 radical (unpaired) electrons. The fourth-order valence-electron chi connectivity index (χ4n) is 4.23. The van der Waals surface area contributed by atoms with E-state index in [1.54, 1.807) is 0 Å². The SMILES string of the molecule is Cc1ccc(NC(=O)COC(=O)c2c3c(nc4ccccc24)CCN(C(C)C)C3)c(C)c1. The van der Waals surface area contributed by atoms with Crippen LogP contribution in [0.5, 0.6) is 0 Å². The number of rotatable bonds is 5. The minimum Gasteiger partial charge on any atom is -0.452 e. The van der Waals surface area contributed by atoms with Crippen molar-refractivity contribution in [3.05, 3.63) is 70.4 Å². The van der Waals surface area contributed by atoms with Crippen molar-refractivity contribution in [1.82, 2.24) is 9.88 Å². The summed E-state index contributed by atoms with van der Waals surface area (Å²) in [5.41, 5.74) is 5.95. The van der Waals surface area contributed by atoms with Crippen molar-refractivity contribution >= 4 is 28.5 Å². The zero-order chi connectivity index (χ0) is 22.8. The van der Waals surface area contributed by atoms with E-state index in [-0.39, 0.29) is 12.5 Å². The molecule has 32 heavy (non-hydrogen) atoms. The maximum Gasteiger partial charge on any atom is 0.339 e. The predicted molar refractivity (Wildman–Crippen MR) is 126 cm³/mol. The quantitative estimate of drug-likeness (QED) is 0.606. The van der Waals surface area contributed by atoms with Crippen molar-refractivity contribution in [2.75, 3.05) is 18.5 Å². The zero-order valence-corrected chi connectivity index (χ0v) is 19.1. The molecule has 166 valence electrons. The summed E-state index contributed by atoms with van der Waals surface area (Å²) in [5.74, 6) is -0.845. The summed E-state index contributed by atoms with van der Waals surface area (Å²) in [5, 5.41) is 3.59. The first-order chi connectivity index (χ1) is 15.3. The lowest BCUT2D eigenvalue weighted by molar-refractivity contribution is -0.119. The van der Waals surface area contributed by atoms with Gasteiger partial charge in [-0.15, -0.1) is 0 Å². The Labute approximate surface area is 188 Å². The Morgan fingerprint density at radius 3 is 2.69 bits per heavy atom. The lowest BCUT2D eigenvalue weighted by Gasteiger charge is -2.32. The topological polar surface area (TPSA) is 71.5 Å². The van der Waals surface area contributed by atoms with Crippen molar-refractivity contribution in [2.45, 2.75) is 46.7 Å². The summed E-state index contributed by atoms with van der Waals surface area (Å²) < 4.78 is 5.50. The van der Waals surface area contributed by atoms with Crippen LogP contribution in [0.15, 0.2) is 42.5 Å². The van der Waals surface area contributed by atoms with Crippen LogP contribution in [-0.2, 0) is 22.5 Å². The third kappa shape index (κ3) is 4.50. The molecule has 0 aliphatic carbocycles. The molecule has 1 aromatic heterocycles. The van der Waals surface area contributed by atoms with Gasteiger partial charge in [-0.1, -0.05) is 35.9 Å². The number of aryl methyl sites for hydroxylation is 2. The molecule has 0 saturated carbocycles. The van der Waals surface area contributed by atoms with Gasteiger partial charge >= 0.3 is 5.97 Å². The number of anilines is 1. The molecule has 1 aliphatic heterocycles. The number of carbonyl (C=O) groups excluding carboxylic acids is 2. The first kappa shape index (κ1) is 22.0. The molecule has 0 spiro atoms. The number of nitrogens with zero attached hydrogens (tertiary/aromatic N) is 2. The number of nitrogens with one attached hydrogen (secondary N) is 1. The van der Waals surface area contributed by atoms with Gasteiger partial charge in [-0.2, -0.15) is 0 Å². The van der Waals surface area contributed by atoms with Crippen LogP contribution in [0.1, 0.15) is 46.6 Å². The Bertz CT molecular complexity index is 1190. The monoisotopic (exact) mass is 431 g/mol. The van der Waals surface area contributed by atoms with Crippen molar-refractivity contribution in [3.63, 3.8) is 0 Å². The molecular weight excluding hydrogens is 402 g/mol. The van der Waals surface area contributed by atoms with Crippen LogP contribution in [0, 0.1) is 13.8 Å². The first-order valence-electron chi connectivity index (χ1n) is 11.0. The average Bonchev–Trinajstić information content (AvgIpc) is 2.77. The number of benzene rings is 2. The van der Waals surface area contributed by atoms with E-state index in [1.807, 2.05) is 56.3 Å². The number of esters is 1. The van der Waals surface area contributed by atoms with E-state index >= 15 is 0 Å². The Hall–Kier alpha value is -3.25. The number of pyridine rings is 1. The van der Waals surface area contributed by atoms with Crippen LogP contribution in [0.2, 0.25) is 0 Å². The van der Waals surface area contributed by atoms with E-state index in [0.717, 1.165) is 51.9 Å². The Morgan fingerprint density at radius 1 is 1.16 bits per heavy atom. The first-order valence-corrected chi connectivity index (χ1v) is 11.0. The molecule has 0 saturated heterocycles. The highest BCUT2D eigenvalue weighted by atomic mass is 16.5. The van der Waals surface area contributed by atoms with E-state index in [1.165, 1.54) is 0 Å². The Kier molecular flexibility index (Phi) is 6.24. The fraction of sp³-hybridized carbons (Fsp3) is 0.346. The predicted octanol–water partition coefficient (Wildman–Crippen LogP) is 4.41. The number of hydrogen-bond donors (Lipinski definition) is 1. The largest absolute Gasteiger partial charge is 0.452 e. The highest BCUT2D eigenvalue weighted by Crippen LogP contribution is 2.29. The smallest absolute Gasteiger partial charge is 0.339 e. The number of amides is 1. The summed E-state index contributed by atoms with van der Waals surface area (Å²) >= 11 is 0. The Morgan fingerprint density at radius 2 is 1.94 bits per heavy atom. The van der Waals surface area contributed by atoms with Crippen molar-refractivity contribution in [1.29, 1.82) is 0 Å². The standard InChI is InChI=1S/C26H29N3O3/c1-16(2)29-12-11-23-20(14-29)25(19-7-5-6-8-22(19)27-23)26(31)32-15-24(30)28-21-10-9-17(3)13-18(21)4/h5-10,13,16H,11-12,14-15H2,1-4H3,(H,28,30). The molecule has 0 unspecified atom stereocenters. The molecule has 4 rings (SSSR count). The summed E-state index contributed by atoms with van der Waals surface area (Å²) in [6.45, 7) is 9.44. The molecule has 3 aromatic rings. The molecular formula is C26H29N3O3. The van der Waals surface area contributed by atoms with Gasteiger partial charge in [0.15, 0.2) is 6.61 Å². The number of fused-ring (bicyclic) bond motifs is 2. The highest BCUT2D eigenvalue weighted by molar-refractivity contribution is 6.06. The minimum absolute atomic E-state index is 0.342. The van der Waals surface area contributed by atoms with E-state index < -0.39 is 5.97 Å². The normalized spacial score (nSPS) is 13.8. The van der Waals surface area contributed by atoms with E-state index in [2.05, 4.69) is 24.1 Å². The number of para-hydroxylation sites is 1. The molecule has 6 heteroatoms. The maximum absolute atomic E-state index is 13.2. The highest BCUT2D eigenvalue weighted by Gasteiger charge is 2.27. The summed E-state index contributed by atoms with van der Waals surface area (Å²) in [7, 11) is 0. The van der Waals surface area contributed by atoms with Crippen LogP contribution < -0.4 is 5.32 Å². The van der Waals surface area contributed by atoms with Crippen molar-refractivity contribution in [2.24, 2.45) is 0 Å². The summed E-state index contributed by atoms with van der Waals surface area (Å²) in [6.07, 6.45) is 0.784. The second-order valence-corrected chi connectivity index (χ2v) is 8.69. The number of carbonyl (C=O) groups is 2. The average molecular weight is 432 g/mol. The molecule has 2 aromatic carbocycles. The van der Waals surface area contributed by atoms with Crippen LogP contribution in [-0.4, -0.2) is 41.0 Å². The van der Waals surface area contributed by atoms with Gasteiger partial charge in [0.1, 0.15) is 0 Å². The molecule has 1 amide bonds. The molecule has 1 N–H and O–H groups in total. The lowest BCUT2D eigenvalue weighted by atomic mass is 9.95. The molecule has 0 bridgehead atoms. The van der Waals surface area contributed by atoms with Crippen LogP contribution >= 0.6 is 0 Å². The number of hydrogen-bond acceptors (Lipinski definition) is 5. The van der Waals surface area contributed by atoms with Crippen LogP contribution in [0.4, 0.5) is 5.69 Å². The lowest BCUT2D eigenvalue weighted by Crippen LogP contribution is -2.37. The summed E-state index contributed by atoms with van der Waals surface area (Å²) in [6, 6.07) is 13.8. The van der Waals surface area contributed by atoms with Crippen LogP contribution in [0.25, 0.3) is 10.9 Å². The van der Waals surface area contributed by atoms with Gasteiger partial charge in [-0.25, -0.2) is 4.79 Å². The number of ether oxygens (including phenoxy) is 1. The molecule has 0 fully saturated rings. The van der Waals surface area contributed by atoms with Crippen molar-refractivity contribution < 1.29 is 14.3 Å². The second kappa shape index (κ2) is 9.09. The molecule has 2 heterocycles. The van der Waals surface area contributed by atoms with Gasteiger partial charge in [0, 0.05) is 47.9 Å². The van der Waals surface area contributed by atoms with E-state index in [4.69, 9.17) is 9.72 Å². The second-order valence-electron chi connectivity index (χ2n) is 8.69. The van der Waals surface area contributed by atoms with E-state index in [0.29, 0.717) is 18.2 Å². The van der Waals surface area contributed by atoms with Crippen molar-refractivity contribution in [3.8, 4) is 0 Å². The third-order valence-corrected chi connectivity index (χ3v) is 6.00. The van der Waals surface area contributed by atoms with Gasteiger partial charge in [0.2, 0.25) is 0 Å². The van der Waals surface area contributed by atoms with Crippen LogP contribution in [0.3, 0.4) is 0 Å². The van der Waals surface area contributed by atoms with Gasteiger partial charge in [0.25, 0.3) is 5.91 Å². The third-order valence-electron chi connectivity index (χ3n) is 6.00. The minimum atomic E-state index is -0.485. The molecule has 6 nitrogen and oxygen atoms in total. The van der Waals surface area contributed by atoms with Gasteiger partial charge in [0.05, 0.1) is 11.1 Å². The van der Waals surface area contributed by atoms with Gasteiger partial charge in [-0.05, 0) is 45.4 Å². The molecule has 1 aliphatic rings. The summed E-state index contributed by atoms with van der Waals surface area (Å²) in [4.78, 5) is 32.8. The number of aromatic nitrogens is 1. The van der Waals surface area contributed by atoms with Gasteiger partial charge in [-0.3, -0.25) is 14.7 Å².